The molecule has 2 nitrogen and oxygen atoms in total. The van der Waals surface area contributed by atoms with Crippen LogP contribution >= 0.6 is 0 Å². The van der Waals surface area contributed by atoms with Gasteiger partial charge in [-0.15, -0.1) is 0 Å². The predicted molar refractivity (Wildman–Crippen MR) is 55.1 cm³/mol. The molecule has 2 saturated carbocycles. The molecule has 2 N–H and O–H groups in total. The fraction of sp³-hybridized carbons (Fsp3) is 0.500. The molecule has 0 amide bonds. The first-order chi connectivity index (χ1) is 7.17. The molecule has 3 heteroatoms. The third kappa shape index (κ3) is 1.72. The highest BCUT2D eigenvalue weighted by Crippen LogP contribution is 2.47. The lowest BCUT2D eigenvalue weighted by molar-refractivity contribution is 0.296. The van der Waals surface area contributed by atoms with Gasteiger partial charge in [-0.1, -0.05) is 0 Å². The number of halogens is 1. The van der Waals surface area contributed by atoms with E-state index in [-0.39, 0.29) is 11.4 Å². The third-order valence-corrected chi connectivity index (χ3v) is 3.08. The van der Waals surface area contributed by atoms with E-state index in [4.69, 9.17) is 10.5 Å². The van der Waals surface area contributed by atoms with Crippen LogP contribution in [0.25, 0.3) is 0 Å². The van der Waals surface area contributed by atoms with Crippen molar-refractivity contribution in [1.82, 2.24) is 0 Å². The maximum Gasteiger partial charge on any atom is 0.124 e. The summed E-state index contributed by atoms with van der Waals surface area (Å²) in [4.78, 5) is 0. The lowest BCUT2D eigenvalue weighted by Crippen LogP contribution is -2.20. The molecule has 15 heavy (non-hydrogen) atoms. The summed E-state index contributed by atoms with van der Waals surface area (Å²) in [5, 5.41) is 0. The van der Waals surface area contributed by atoms with Crippen molar-refractivity contribution >= 4 is 0 Å². The van der Waals surface area contributed by atoms with Gasteiger partial charge in [-0.2, -0.15) is 0 Å². The van der Waals surface area contributed by atoms with Gasteiger partial charge in [0.15, 0.2) is 0 Å². The molecule has 0 unspecified atom stereocenters. The Morgan fingerprint density at radius 2 is 2.07 bits per heavy atom. The normalized spacial score (nSPS) is 22.5. The molecule has 0 heterocycles. The summed E-state index contributed by atoms with van der Waals surface area (Å²) in [7, 11) is 0. The van der Waals surface area contributed by atoms with E-state index in [1.807, 2.05) is 0 Å². The molecule has 0 spiro atoms. The monoisotopic (exact) mass is 207 g/mol. The minimum absolute atomic E-state index is 0.232. The number of rotatable bonds is 3. The number of hydrogen-bond acceptors (Lipinski definition) is 2. The van der Waals surface area contributed by atoms with Crippen LogP contribution in [0, 0.1) is 5.82 Å². The van der Waals surface area contributed by atoms with Gasteiger partial charge in [-0.3, -0.25) is 0 Å². The molecule has 0 bridgehead atoms. The van der Waals surface area contributed by atoms with Crippen molar-refractivity contribution < 1.29 is 9.13 Å². The molecule has 0 aromatic heterocycles. The van der Waals surface area contributed by atoms with Crippen LogP contribution in [0.3, 0.4) is 0 Å². The van der Waals surface area contributed by atoms with Crippen LogP contribution in [0.2, 0.25) is 0 Å². The Morgan fingerprint density at radius 1 is 1.33 bits per heavy atom. The second kappa shape index (κ2) is 2.95. The highest BCUT2D eigenvalue weighted by atomic mass is 19.1. The summed E-state index contributed by atoms with van der Waals surface area (Å²) >= 11 is 0. The van der Waals surface area contributed by atoms with Gasteiger partial charge in [0.25, 0.3) is 0 Å². The third-order valence-electron chi connectivity index (χ3n) is 3.08. The van der Waals surface area contributed by atoms with Gasteiger partial charge < -0.3 is 10.5 Å². The van der Waals surface area contributed by atoms with E-state index < -0.39 is 0 Å². The van der Waals surface area contributed by atoms with Crippen LogP contribution in [0.15, 0.2) is 18.2 Å². The molecule has 2 fully saturated rings. The molecule has 2 aliphatic carbocycles. The van der Waals surface area contributed by atoms with E-state index in [9.17, 15) is 4.39 Å². The molecule has 2 aliphatic rings. The van der Waals surface area contributed by atoms with Gasteiger partial charge in [-0.05, 0) is 43.9 Å². The molecule has 80 valence electrons. The van der Waals surface area contributed by atoms with E-state index in [1.54, 1.807) is 6.07 Å². The van der Waals surface area contributed by atoms with Crippen molar-refractivity contribution in [3.63, 3.8) is 0 Å². The van der Waals surface area contributed by atoms with E-state index >= 15 is 0 Å². The zero-order valence-corrected chi connectivity index (χ0v) is 8.50. The largest absolute Gasteiger partial charge is 0.490 e. The molecule has 1 aromatic carbocycles. The van der Waals surface area contributed by atoms with E-state index in [2.05, 4.69) is 0 Å². The molecule has 0 atom stereocenters. The van der Waals surface area contributed by atoms with Crippen LogP contribution in [0.1, 0.15) is 31.2 Å². The fourth-order valence-corrected chi connectivity index (χ4v) is 1.76. The first-order valence-electron chi connectivity index (χ1n) is 5.43. The number of benzene rings is 1. The summed E-state index contributed by atoms with van der Waals surface area (Å²) in [6, 6.07) is 4.66. The Balaban J connectivity index is 1.96. The topological polar surface area (TPSA) is 35.2 Å². The first kappa shape index (κ1) is 9.16. The van der Waals surface area contributed by atoms with Crippen molar-refractivity contribution in [3.8, 4) is 5.75 Å². The minimum atomic E-state index is -0.327. The second-order valence-electron chi connectivity index (χ2n) is 4.61. The standard InChI is InChI=1S/C12H14FNO/c13-8-1-4-11(15-9-2-3-9)10(7-8)12(14)5-6-12/h1,4,7,9H,2-3,5-6,14H2. The van der Waals surface area contributed by atoms with Crippen molar-refractivity contribution in [2.24, 2.45) is 5.73 Å². The maximum absolute atomic E-state index is 13.1. The highest BCUT2D eigenvalue weighted by molar-refractivity contribution is 5.42. The predicted octanol–water partition coefficient (Wildman–Crippen LogP) is 2.31. The zero-order chi connectivity index (χ0) is 10.5. The maximum atomic E-state index is 13.1. The summed E-state index contributed by atoms with van der Waals surface area (Å²) in [6.45, 7) is 0. The minimum Gasteiger partial charge on any atom is -0.490 e. The Kier molecular flexibility index (Phi) is 1.80. The van der Waals surface area contributed by atoms with Gasteiger partial charge in [0.2, 0.25) is 0 Å². The Labute approximate surface area is 88.2 Å². The zero-order valence-electron chi connectivity index (χ0n) is 8.50. The van der Waals surface area contributed by atoms with Gasteiger partial charge in [0.05, 0.1) is 6.10 Å². The van der Waals surface area contributed by atoms with Crippen molar-refractivity contribution in [1.29, 1.82) is 0 Å². The van der Waals surface area contributed by atoms with Gasteiger partial charge in [0.1, 0.15) is 11.6 Å². The van der Waals surface area contributed by atoms with E-state index in [1.165, 1.54) is 12.1 Å². The van der Waals surface area contributed by atoms with Crippen molar-refractivity contribution in [2.75, 3.05) is 0 Å². The molecule has 0 saturated heterocycles. The summed E-state index contributed by atoms with van der Waals surface area (Å²) < 4.78 is 18.9. The number of hydrogen-bond donors (Lipinski definition) is 1. The quantitative estimate of drug-likeness (QED) is 0.825. The molecule has 0 aliphatic heterocycles. The van der Waals surface area contributed by atoms with Crippen LogP contribution in [0.4, 0.5) is 4.39 Å². The molecule has 3 rings (SSSR count). The summed E-state index contributed by atoms with van der Waals surface area (Å²) in [5.41, 5.74) is 6.60. The summed E-state index contributed by atoms with van der Waals surface area (Å²) in [5.74, 6) is 0.545. The SMILES string of the molecule is NC1(c2cc(F)ccc2OC2CC2)CC1. The first-order valence-corrected chi connectivity index (χ1v) is 5.43. The van der Waals surface area contributed by atoms with Gasteiger partial charge >= 0.3 is 0 Å². The van der Waals surface area contributed by atoms with E-state index in [0.29, 0.717) is 6.10 Å². The number of nitrogens with two attached hydrogens (primary N) is 1. The average molecular weight is 207 g/mol. The average Bonchev–Trinajstić information content (AvgIpc) is 3.08. The van der Waals surface area contributed by atoms with Crippen LogP contribution in [-0.2, 0) is 5.54 Å². The van der Waals surface area contributed by atoms with Crippen molar-refractivity contribution in [2.45, 2.75) is 37.3 Å². The van der Waals surface area contributed by atoms with Crippen LogP contribution in [0.5, 0.6) is 5.75 Å². The Morgan fingerprint density at radius 3 is 2.67 bits per heavy atom. The second-order valence-corrected chi connectivity index (χ2v) is 4.61. The number of ether oxygens (including phenoxy) is 1. The van der Waals surface area contributed by atoms with Crippen LogP contribution in [-0.4, -0.2) is 6.10 Å². The van der Waals surface area contributed by atoms with E-state index in [0.717, 1.165) is 37.0 Å². The molecule has 0 radical (unpaired) electrons. The molecular formula is C12H14FNO. The van der Waals surface area contributed by atoms with Gasteiger partial charge in [-0.25, -0.2) is 4.39 Å². The molecular weight excluding hydrogens is 193 g/mol. The smallest absolute Gasteiger partial charge is 0.124 e. The van der Waals surface area contributed by atoms with Gasteiger partial charge in [0, 0.05) is 11.1 Å². The lowest BCUT2D eigenvalue weighted by atomic mass is 10.0. The fourth-order valence-electron chi connectivity index (χ4n) is 1.76. The molecule has 1 aromatic rings. The van der Waals surface area contributed by atoms with Crippen LogP contribution < -0.4 is 10.5 Å². The summed E-state index contributed by atoms with van der Waals surface area (Å²) in [6.07, 6.45) is 4.40. The Hall–Kier alpha value is -1.09. The highest BCUT2D eigenvalue weighted by Gasteiger charge is 2.43. The Bertz CT molecular complexity index is 397. The van der Waals surface area contributed by atoms with Crippen molar-refractivity contribution in [3.05, 3.63) is 29.6 Å². The lowest BCUT2D eigenvalue weighted by Gasteiger charge is -2.15.